The van der Waals surface area contributed by atoms with Crippen LogP contribution in [0.1, 0.15) is 19.8 Å². The second-order valence-corrected chi connectivity index (χ2v) is 8.79. The summed E-state index contributed by atoms with van der Waals surface area (Å²) in [6, 6.07) is 8.41. The fourth-order valence-electron chi connectivity index (χ4n) is 2.69. The van der Waals surface area contributed by atoms with Crippen molar-refractivity contribution in [3.63, 3.8) is 0 Å². The lowest BCUT2D eigenvalue weighted by molar-refractivity contribution is 0.532. The number of nitrogens with zero attached hydrogens (tertiary/aromatic N) is 2. The molecule has 156 valence electrons. The van der Waals surface area contributed by atoms with E-state index in [9.17, 15) is 12.8 Å². The van der Waals surface area contributed by atoms with Crippen LogP contribution in [0.5, 0.6) is 0 Å². The summed E-state index contributed by atoms with van der Waals surface area (Å²) in [4.78, 5) is 8.44. The smallest absolute Gasteiger partial charge is 0.240 e. The molecule has 0 fully saturated rings. The Morgan fingerprint density at radius 1 is 1.21 bits per heavy atom. The van der Waals surface area contributed by atoms with Crippen LogP contribution in [0.15, 0.2) is 59.1 Å². The lowest BCUT2D eigenvalue weighted by atomic mass is 10.2. The molecule has 0 amide bonds. The van der Waals surface area contributed by atoms with E-state index in [2.05, 4.69) is 20.0 Å². The molecule has 6 nitrogen and oxygen atoms in total. The molecule has 0 aliphatic rings. The van der Waals surface area contributed by atoms with Crippen molar-refractivity contribution in [2.75, 3.05) is 11.9 Å². The Balaban J connectivity index is 0.00000300. The number of thiazole rings is 1. The minimum atomic E-state index is -3.80. The lowest BCUT2D eigenvalue weighted by Gasteiger charge is -2.18. The minimum Gasteiger partial charge on any atom is -0.360 e. The number of aromatic nitrogens is 2. The van der Waals surface area contributed by atoms with Crippen LogP contribution < -0.4 is 10.0 Å². The van der Waals surface area contributed by atoms with Gasteiger partial charge in [-0.1, -0.05) is 19.4 Å². The number of nitrogens with one attached hydrogen (secondary N) is 2. The fourth-order valence-corrected chi connectivity index (χ4v) is 4.72. The van der Waals surface area contributed by atoms with E-state index in [1.165, 1.54) is 29.5 Å². The summed E-state index contributed by atoms with van der Waals surface area (Å²) < 4.78 is 41.1. The Kier molecular flexibility index (Phi) is 8.51. The molecule has 0 radical (unpaired) electrons. The molecule has 2 aromatic heterocycles. The first kappa shape index (κ1) is 23.2. The van der Waals surface area contributed by atoms with Gasteiger partial charge in [0.1, 0.15) is 5.82 Å². The molecule has 29 heavy (non-hydrogen) atoms. The van der Waals surface area contributed by atoms with E-state index < -0.39 is 15.8 Å². The predicted molar refractivity (Wildman–Crippen MR) is 117 cm³/mol. The summed E-state index contributed by atoms with van der Waals surface area (Å²) in [5.74, 6) is -0.584. The number of benzene rings is 1. The summed E-state index contributed by atoms with van der Waals surface area (Å²) in [7, 11) is -3.80. The monoisotopic (exact) mass is 456 g/mol. The van der Waals surface area contributed by atoms with Crippen molar-refractivity contribution in [3.8, 4) is 11.3 Å². The third kappa shape index (κ3) is 6.46. The molecule has 3 aromatic rings. The zero-order valence-electron chi connectivity index (χ0n) is 15.7. The second kappa shape index (κ2) is 10.6. The first-order valence-corrected chi connectivity index (χ1v) is 11.2. The normalized spacial score (nSPS) is 12.2. The van der Waals surface area contributed by atoms with Gasteiger partial charge in [-0.25, -0.2) is 22.5 Å². The van der Waals surface area contributed by atoms with Crippen molar-refractivity contribution in [1.29, 1.82) is 0 Å². The molecule has 0 saturated carbocycles. The van der Waals surface area contributed by atoms with Crippen LogP contribution >= 0.6 is 23.7 Å². The van der Waals surface area contributed by atoms with E-state index in [4.69, 9.17) is 0 Å². The Hall–Kier alpha value is -2.07. The standard InChI is InChI=1S/C19H21FN4O2S2.ClH/c1-2-4-16(24-28(25,26)17-6-3-5-15(20)11-17)12-22-19-23-18(13-27-19)14-7-9-21-10-8-14;/h3,5-11,13,16,24H,2,4,12H2,1H3,(H,22,23);1H. The van der Waals surface area contributed by atoms with Gasteiger partial charge < -0.3 is 5.32 Å². The lowest BCUT2D eigenvalue weighted by Crippen LogP contribution is -2.39. The molecule has 1 aromatic carbocycles. The van der Waals surface area contributed by atoms with Crippen LogP contribution in [0, 0.1) is 5.82 Å². The Morgan fingerprint density at radius 3 is 2.66 bits per heavy atom. The van der Waals surface area contributed by atoms with Crippen LogP contribution in [-0.4, -0.2) is 31.0 Å². The molecule has 2 heterocycles. The van der Waals surface area contributed by atoms with Gasteiger partial charge in [0.15, 0.2) is 5.13 Å². The van der Waals surface area contributed by atoms with E-state index in [0.29, 0.717) is 18.1 Å². The first-order chi connectivity index (χ1) is 13.5. The third-order valence-electron chi connectivity index (χ3n) is 4.05. The number of hydrogen-bond donors (Lipinski definition) is 2. The summed E-state index contributed by atoms with van der Waals surface area (Å²) in [6.45, 7) is 2.36. The molecule has 0 bridgehead atoms. The van der Waals surface area contributed by atoms with E-state index in [0.717, 1.165) is 23.7 Å². The zero-order chi connectivity index (χ0) is 20.0. The minimum absolute atomic E-state index is 0. The number of halogens is 2. The van der Waals surface area contributed by atoms with Crippen LogP contribution in [0.25, 0.3) is 11.3 Å². The van der Waals surface area contributed by atoms with Gasteiger partial charge in [0, 0.05) is 35.9 Å². The number of anilines is 1. The van der Waals surface area contributed by atoms with E-state index in [1.807, 2.05) is 24.4 Å². The number of rotatable bonds is 9. The Bertz CT molecular complexity index is 1020. The molecule has 10 heteroatoms. The average Bonchev–Trinajstić information content (AvgIpc) is 3.16. The van der Waals surface area contributed by atoms with Crippen molar-refractivity contribution >= 4 is 38.9 Å². The molecule has 0 spiro atoms. The molecule has 2 N–H and O–H groups in total. The fraction of sp³-hybridized carbons (Fsp3) is 0.263. The van der Waals surface area contributed by atoms with Gasteiger partial charge in [0.05, 0.1) is 10.6 Å². The second-order valence-electron chi connectivity index (χ2n) is 6.22. The highest BCUT2D eigenvalue weighted by atomic mass is 35.5. The average molecular weight is 457 g/mol. The summed E-state index contributed by atoms with van der Waals surface area (Å²) >= 11 is 1.45. The maximum atomic E-state index is 13.4. The molecule has 0 aliphatic heterocycles. The topological polar surface area (TPSA) is 84.0 Å². The number of hydrogen-bond acceptors (Lipinski definition) is 6. The maximum absolute atomic E-state index is 13.4. The van der Waals surface area contributed by atoms with Gasteiger partial charge in [0.25, 0.3) is 0 Å². The first-order valence-electron chi connectivity index (χ1n) is 8.85. The SMILES string of the molecule is CCCC(CNc1nc(-c2ccncc2)cs1)NS(=O)(=O)c1cccc(F)c1.Cl. The summed E-state index contributed by atoms with van der Waals surface area (Å²) in [5, 5.41) is 5.84. The van der Waals surface area contributed by atoms with E-state index in [-0.39, 0.29) is 23.3 Å². The third-order valence-corrected chi connectivity index (χ3v) is 6.36. The largest absolute Gasteiger partial charge is 0.360 e. The van der Waals surface area contributed by atoms with Crippen molar-refractivity contribution in [2.24, 2.45) is 0 Å². The van der Waals surface area contributed by atoms with Gasteiger partial charge in [-0.2, -0.15) is 0 Å². The Morgan fingerprint density at radius 2 is 1.97 bits per heavy atom. The molecule has 1 atom stereocenters. The number of pyridine rings is 1. The Labute approximate surface area is 180 Å². The highest BCUT2D eigenvalue weighted by molar-refractivity contribution is 7.89. The van der Waals surface area contributed by atoms with Gasteiger partial charge in [-0.15, -0.1) is 23.7 Å². The van der Waals surface area contributed by atoms with Crippen molar-refractivity contribution in [3.05, 3.63) is 60.0 Å². The molecule has 3 rings (SSSR count). The quantitative estimate of drug-likeness (QED) is 0.500. The molecule has 0 aliphatic carbocycles. The summed E-state index contributed by atoms with van der Waals surface area (Å²) in [6.07, 6.45) is 4.86. The van der Waals surface area contributed by atoms with Gasteiger partial charge >= 0.3 is 0 Å². The molecule has 1 unspecified atom stereocenters. The molecule has 0 saturated heterocycles. The van der Waals surface area contributed by atoms with Crippen LogP contribution in [-0.2, 0) is 10.0 Å². The van der Waals surface area contributed by atoms with E-state index in [1.54, 1.807) is 12.4 Å². The molecular formula is C19H22ClFN4O2S2. The highest BCUT2D eigenvalue weighted by Gasteiger charge is 2.20. The van der Waals surface area contributed by atoms with Crippen molar-refractivity contribution in [2.45, 2.75) is 30.7 Å². The number of sulfonamides is 1. The summed E-state index contributed by atoms with van der Waals surface area (Å²) in [5.41, 5.74) is 1.80. The predicted octanol–water partition coefficient (Wildman–Crippen LogP) is 4.33. The van der Waals surface area contributed by atoms with Crippen LogP contribution in [0.3, 0.4) is 0 Å². The van der Waals surface area contributed by atoms with Gasteiger partial charge in [-0.3, -0.25) is 4.98 Å². The molecular weight excluding hydrogens is 435 g/mol. The zero-order valence-corrected chi connectivity index (χ0v) is 18.2. The van der Waals surface area contributed by atoms with Crippen molar-refractivity contribution in [1.82, 2.24) is 14.7 Å². The van der Waals surface area contributed by atoms with Gasteiger partial charge in [0.2, 0.25) is 10.0 Å². The van der Waals surface area contributed by atoms with Crippen LogP contribution in [0.2, 0.25) is 0 Å². The highest BCUT2D eigenvalue weighted by Crippen LogP contribution is 2.24. The van der Waals surface area contributed by atoms with Gasteiger partial charge in [-0.05, 0) is 36.8 Å². The van der Waals surface area contributed by atoms with Crippen molar-refractivity contribution < 1.29 is 12.8 Å². The van der Waals surface area contributed by atoms with Crippen LogP contribution in [0.4, 0.5) is 9.52 Å². The van der Waals surface area contributed by atoms with E-state index >= 15 is 0 Å². The maximum Gasteiger partial charge on any atom is 0.240 e.